The van der Waals surface area contributed by atoms with E-state index in [1.807, 2.05) is 42.3 Å². The Bertz CT molecular complexity index is 292. The summed E-state index contributed by atoms with van der Waals surface area (Å²) in [5.41, 5.74) is 0. The third kappa shape index (κ3) is 19.1. The van der Waals surface area contributed by atoms with E-state index in [0.29, 0.717) is 13.2 Å². The Morgan fingerprint density at radius 2 is 1.00 bits per heavy atom. The summed E-state index contributed by atoms with van der Waals surface area (Å²) in [5, 5.41) is 0. The second kappa shape index (κ2) is 11.6. The number of nitrogens with zero attached hydrogens (tertiary/aromatic N) is 2. The third-order valence-electron chi connectivity index (χ3n) is 2.58. The summed E-state index contributed by atoms with van der Waals surface area (Å²) < 4.78 is 11.6. The zero-order valence-corrected chi connectivity index (χ0v) is 15.4. The summed E-state index contributed by atoms with van der Waals surface area (Å²) in [6.07, 6.45) is 0.167. The predicted octanol–water partition coefficient (Wildman–Crippen LogP) is -3.56. The Morgan fingerprint density at radius 1 is 0.727 bits per heavy atom. The van der Waals surface area contributed by atoms with Gasteiger partial charge in [-0.25, -0.2) is 0 Å². The number of carbonyl (C=O) groups is 2. The zero-order chi connectivity index (χ0) is 15.8. The minimum atomic E-state index is -0.345. The standard InChI is InChI=1S/C14H30N2O4.ClH.H2O/c1-15(2,3)9-11-19-13(17)7-8-14(18)20-12-10-16(4,5)6;;/h7-12H2,1-6H3;1H;1H2/q+2;;/p-1. The Morgan fingerprint density at radius 3 is 1.23 bits per heavy atom. The molecule has 0 spiro atoms. The Balaban J connectivity index is -0.00000180. The second-order valence-electron chi connectivity index (χ2n) is 6.97. The molecule has 0 aromatic rings. The molecule has 0 aliphatic heterocycles. The van der Waals surface area contributed by atoms with Crippen molar-refractivity contribution in [3.8, 4) is 0 Å². The van der Waals surface area contributed by atoms with Crippen molar-refractivity contribution in [2.45, 2.75) is 12.8 Å². The quantitative estimate of drug-likeness (QED) is 0.320. The van der Waals surface area contributed by atoms with Crippen LogP contribution in [0.1, 0.15) is 12.8 Å². The molecule has 2 N–H and O–H groups in total. The van der Waals surface area contributed by atoms with Crippen LogP contribution in [-0.2, 0) is 19.1 Å². The van der Waals surface area contributed by atoms with Gasteiger partial charge in [0.1, 0.15) is 26.3 Å². The summed E-state index contributed by atoms with van der Waals surface area (Å²) in [4.78, 5) is 22.9. The Labute approximate surface area is 140 Å². The maximum atomic E-state index is 11.4. The second-order valence-corrected chi connectivity index (χ2v) is 6.97. The lowest BCUT2D eigenvalue weighted by atomic mass is 10.3. The molecular weight excluding hydrogens is 312 g/mol. The van der Waals surface area contributed by atoms with E-state index in [1.165, 1.54) is 0 Å². The van der Waals surface area contributed by atoms with Crippen LogP contribution >= 0.6 is 0 Å². The first-order valence-corrected chi connectivity index (χ1v) is 6.92. The number of hydrogen-bond acceptors (Lipinski definition) is 4. The van der Waals surface area contributed by atoms with Gasteiger partial charge >= 0.3 is 11.9 Å². The molecule has 0 radical (unpaired) electrons. The van der Waals surface area contributed by atoms with E-state index in [0.717, 1.165) is 22.1 Å². The molecule has 0 rings (SSSR count). The molecule has 0 fully saturated rings. The monoisotopic (exact) mass is 343 g/mol. The van der Waals surface area contributed by atoms with Crippen molar-refractivity contribution in [3.63, 3.8) is 0 Å². The van der Waals surface area contributed by atoms with Gasteiger partial charge in [0.25, 0.3) is 0 Å². The molecule has 0 saturated heterocycles. The van der Waals surface area contributed by atoms with Gasteiger partial charge in [-0.1, -0.05) is 0 Å². The maximum absolute atomic E-state index is 11.4. The molecule has 0 aliphatic rings. The van der Waals surface area contributed by atoms with Gasteiger partial charge < -0.3 is 36.3 Å². The highest BCUT2D eigenvalue weighted by Crippen LogP contribution is 1.98. The Kier molecular flexibility index (Phi) is 13.8. The molecule has 0 aromatic heterocycles. The van der Waals surface area contributed by atoms with Crippen LogP contribution in [0.3, 0.4) is 0 Å². The molecule has 0 heterocycles. The van der Waals surface area contributed by atoms with Gasteiger partial charge in [-0.3, -0.25) is 9.59 Å². The van der Waals surface area contributed by atoms with E-state index in [1.54, 1.807) is 0 Å². The predicted molar refractivity (Wildman–Crippen MR) is 80.6 cm³/mol. The van der Waals surface area contributed by atoms with Crippen molar-refractivity contribution in [1.29, 1.82) is 0 Å². The smallest absolute Gasteiger partial charge is 0.306 e. The highest BCUT2D eigenvalue weighted by Gasteiger charge is 2.13. The van der Waals surface area contributed by atoms with Gasteiger partial charge in [0.15, 0.2) is 0 Å². The number of hydrogen-bond donors (Lipinski definition) is 0. The highest BCUT2D eigenvalue weighted by molar-refractivity contribution is 5.77. The van der Waals surface area contributed by atoms with E-state index in [2.05, 4.69) is 0 Å². The summed E-state index contributed by atoms with van der Waals surface area (Å²) in [7, 11) is 12.2. The van der Waals surface area contributed by atoms with Crippen LogP contribution in [0.4, 0.5) is 0 Å². The average Bonchev–Trinajstić information content (AvgIpc) is 2.22. The lowest BCUT2D eigenvalue weighted by Crippen LogP contribution is -3.00. The largest absolute Gasteiger partial charge is 1.00 e. The third-order valence-corrected chi connectivity index (χ3v) is 2.58. The van der Waals surface area contributed by atoms with E-state index in [-0.39, 0.29) is 42.7 Å². The fourth-order valence-electron chi connectivity index (χ4n) is 1.22. The minimum Gasteiger partial charge on any atom is -1.00 e. The van der Waals surface area contributed by atoms with Crippen LogP contribution in [0.15, 0.2) is 0 Å². The zero-order valence-electron chi connectivity index (χ0n) is 14.6. The molecule has 22 heavy (non-hydrogen) atoms. The van der Waals surface area contributed by atoms with Crippen LogP contribution in [0.25, 0.3) is 0 Å². The van der Waals surface area contributed by atoms with Crippen LogP contribution in [0.2, 0.25) is 0 Å². The van der Waals surface area contributed by atoms with Gasteiger partial charge in [-0.2, -0.15) is 0 Å². The molecule has 7 nitrogen and oxygen atoms in total. The van der Waals surface area contributed by atoms with Crippen molar-refractivity contribution in [2.24, 2.45) is 0 Å². The van der Waals surface area contributed by atoms with Gasteiger partial charge in [-0.15, -0.1) is 0 Å². The number of likely N-dealkylation sites (N-methyl/N-ethyl adjacent to an activating group) is 2. The van der Waals surface area contributed by atoms with Crippen molar-refractivity contribution in [1.82, 2.24) is 0 Å². The Hall–Kier alpha value is -0.890. The van der Waals surface area contributed by atoms with Crippen molar-refractivity contribution < 1.29 is 45.9 Å². The number of ether oxygens (including phenoxy) is 2. The first-order chi connectivity index (χ1) is 8.99. The molecule has 0 atom stereocenters. The van der Waals surface area contributed by atoms with Crippen LogP contribution in [0.5, 0.6) is 0 Å². The number of esters is 2. The van der Waals surface area contributed by atoms with E-state index in [9.17, 15) is 9.59 Å². The van der Waals surface area contributed by atoms with E-state index >= 15 is 0 Å². The van der Waals surface area contributed by atoms with Gasteiger partial charge in [0.05, 0.1) is 55.1 Å². The lowest BCUT2D eigenvalue weighted by Gasteiger charge is -2.23. The van der Waals surface area contributed by atoms with Crippen molar-refractivity contribution in [2.75, 3.05) is 68.6 Å². The average molecular weight is 344 g/mol. The maximum Gasteiger partial charge on any atom is 0.306 e. The minimum absolute atomic E-state index is 0. The molecule has 0 aromatic carbocycles. The number of quaternary nitrogens is 2. The molecular formula is C14H32ClN2O5+. The molecule has 8 heteroatoms. The van der Waals surface area contributed by atoms with Crippen LogP contribution < -0.4 is 12.4 Å². The SMILES string of the molecule is C[N+](C)(C)CCOC(=O)CCC(=O)OCC[N+](C)(C)C.O.[Cl-]. The first-order valence-electron chi connectivity index (χ1n) is 6.92. The van der Waals surface area contributed by atoms with Gasteiger partial charge in [-0.05, 0) is 0 Å². The number of halogens is 1. The van der Waals surface area contributed by atoms with Crippen molar-refractivity contribution in [3.05, 3.63) is 0 Å². The number of carbonyl (C=O) groups excluding carboxylic acids is 2. The van der Waals surface area contributed by atoms with Crippen molar-refractivity contribution >= 4 is 11.9 Å². The molecule has 0 saturated carbocycles. The molecule has 0 bridgehead atoms. The van der Waals surface area contributed by atoms with E-state index in [4.69, 9.17) is 9.47 Å². The van der Waals surface area contributed by atoms with Crippen LogP contribution in [0, 0.1) is 0 Å². The molecule has 0 amide bonds. The molecule has 0 unspecified atom stereocenters. The van der Waals surface area contributed by atoms with E-state index < -0.39 is 0 Å². The lowest BCUT2D eigenvalue weighted by molar-refractivity contribution is -0.870. The summed E-state index contributed by atoms with van der Waals surface area (Å²) in [5.74, 6) is -0.691. The highest BCUT2D eigenvalue weighted by atomic mass is 35.5. The van der Waals surface area contributed by atoms with Crippen LogP contribution in [-0.4, -0.2) is 95.0 Å². The first kappa shape index (κ1) is 26.0. The molecule has 134 valence electrons. The summed E-state index contributed by atoms with van der Waals surface area (Å²) in [6, 6.07) is 0. The van der Waals surface area contributed by atoms with Gasteiger partial charge in [0.2, 0.25) is 0 Å². The summed E-state index contributed by atoms with van der Waals surface area (Å²) >= 11 is 0. The van der Waals surface area contributed by atoms with Gasteiger partial charge in [0, 0.05) is 0 Å². The topological polar surface area (TPSA) is 84.1 Å². The molecule has 0 aliphatic carbocycles. The summed E-state index contributed by atoms with van der Waals surface area (Å²) in [6.45, 7) is 2.25. The fraction of sp³-hybridized carbons (Fsp3) is 0.857. The normalized spacial score (nSPS) is 11.0. The number of rotatable bonds is 9. The fourth-order valence-corrected chi connectivity index (χ4v) is 1.22.